The van der Waals surface area contributed by atoms with Crippen LogP contribution < -0.4 is 0 Å². The van der Waals surface area contributed by atoms with Gasteiger partial charge in [-0.25, -0.2) is 0 Å². The van der Waals surface area contributed by atoms with Crippen molar-refractivity contribution in [3.8, 4) is 0 Å². The van der Waals surface area contributed by atoms with Crippen LogP contribution in [0.5, 0.6) is 0 Å². The smallest absolute Gasteiger partial charge is 0.106 e. The van der Waals surface area contributed by atoms with Crippen molar-refractivity contribution < 1.29 is 9.52 Å². The summed E-state index contributed by atoms with van der Waals surface area (Å²) in [5.74, 6) is 0.840. The van der Waals surface area contributed by atoms with Crippen LogP contribution in [0.4, 0.5) is 0 Å². The molecule has 0 aliphatic carbocycles. The van der Waals surface area contributed by atoms with E-state index in [4.69, 9.17) is 9.52 Å². The van der Waals surface area contributed by atoms with Gasteiger partial charge in [-0.1, -0.05) is 26.7 Å². The average molecular weight is 170 g/mol. The van der Waals surface area contributed by atoms with E-state index in [1.165, 1.54) is 12.8 Å². The quantitative estimate of drug-likeness (QED) is 0.756. The number of unbranched alkanes of at least 4 members (excludes halogenated alkanes) is 1. The molecule has 1 aromatic heterocycles. The van der Waals surface area contributed by atoms with Crippen molar-refractivity contribution in [2.75, 3.05) is 6.61 Å². The molecule has 12 heavy (non-hydrogen) atoms. The lowest BCUT2D eigenvalue weighted by Gasteiger charge is -1.85. The molecule has 2 heteroatoms. The van der Waals surface area contributed by atoms with Gasteiger partial charge in [-0.2, -0.15) is 0 Å². The van der Waals surface area contributed by atoms with Crippen molar-refractivity contribution in [3.63, 3.8) is 0 Å². The van der Waals surface area contributed by atoms with E-state index in [1.54, 1.807) is 6.26 Å². The van der Waals surface area contributed by atoms with Gasteiger partial charge in [0, 0.05) is 6.42 Å². The fourth-order valence-electron chi connectivity index (χ4n) is 0.565. The first kappa shape index (κ1) is 11.2. The van der Waals surface area contributed by atoms with E-state index < -0.39 is 0 Å². The SMILES string of the molecule is CCCC.OCCc1ccco1. The molecule has 0 saturated heterocycles. The Morgan fingerprint density at radius 2 is 2.00 bits per heavy atom. The van der Waals surface area contributed by atoms with Crippen LogP contribution in [-0.4, -0.2) is 11.7 Å². The second-order valence-corrected chi connectivity index (χ2v) is 2.55. The molecule has 0 saturated carbocycles. The lowest BCUT2D eigenvalue weighted by Crippen LogP contribution is -1.85. The van der Waals surface area contributed by atoms with Gasteiger partial charge in [0.15, 0.2) is 0 Å². The van der Waals surface area contributed by atoms with Crippen LogP contribution in [-0.2, 0) is 6.42 Å². The molecule has 0 aliphatic heterocycles. The summed E-state index contributed by atoms with van der Waals surface area (Å²) in [7, 11) is 0. The topological polar surface area (TPSA) is 33.4 Å². The predicted octanol–water partition coefficient (Wildman–Crippen LogP) is 2.62. The molecule has 0 radical (unpaired) electrons. The summed E-state index contributed by atoms with van der Waals surface area (Å²) < 4.78 is 4.91. The average Bonchev–Trinajstić information content (AvgIpc) is 2.58. The first-order valence-electron chi connectivity index (χ1n) is 4.48. The molecular weight excluding hydrogens is 152 g/mol. The van der Waals surface area contributed by atoms with Gasteiger partial charge < -0.3 is 9.52 Å². The fourth-order valence-corrected chi connectivity index (χ4v) is 0.565. The van der Waals surface area contributed by atoms with Gasteiger partial charge in [-0.05, 0) is 12.1 Å². The van der Waals surface area contributed by atoms with Gasteiger partial charge in [0.2, 0.25) is 0 Å². The van der Waals surface area contributed by atoms with Gasteiger partial charge in [-0.3, -0.25) is 0 Å². The van der Waals surface area contributed by atoms with Crippen molar-refractivity contribution >= 4 is 0 Å². The lowest BCUT2D eigenvalue weighted by atomic mass is 10.3. The van der Waals surface area contributed by atoms with Crippen LogP contribution in [0.1, 0.15) is 32.4 Å². The van der Waals surface area contributed by atoms with Crippen molar-refractivity contribution in [2.24, 2.45) is 0 Å². The maximum absolute atomic E-state index is 8.38. The largest absolute Gasteiger partial charge is 0.469 e. The molecule has 1 heterocycles. The molecule has 0 amide bonds. The van der Waals surface area contributed by atoms with Crippen LogP contribution in [0.15, 0.2) is 22.8 Å². The normalized spacial score (nSPS) is 8.92. The molecule has 0 aromatic carbocycles. The molecule has 1 rings (SSSR count). The first-order chi connectivity index (χ1) is 5.85. The number of aliphatic hydroxyl groups excluding tert-OH is 1. The first-order valence-corrected chi connectivity index (χ1v) is 4.48. The zero-order valence-electron chi connectivity index (χ0n) is 7.92. The lowest BCUT2D eigenvalue weighted by molar-refractivity contribution is 0.288. The summed E-state index contributed by atoms with van der Waals surface area (Å²) in [5, 5.41) is 8.38. The molecule has 1 N–H and O–H groups in total. The zero-order chi connectivity index (χ0) is 9.23. The molecule has 0 bridgehead atoms. The van der Waals surface area contributed by atoms with Gasteiger partial charge in [0.1, 0.15) is 5.76 Å². The number of furan rings is 1. The Labute approximate surface area is 74.2 Å². The van der Waals surface area contributed by atoms with Crippen molar-refractivity contribution in [3.05, 3.63) is 24.2 Å². The standard InChI is InChI=1S/C6H8O2.C4H10/c7-4-3-6-2-1-5-8-6;1-3-4-2/h1-2,5,7H,3-4H2;3-4H2,1-2H3. The Morgan fingerprint density at radius 1 is 1.33 bits per heavy atom. The third kappa shape index (κ3) is 5.98. The summed E-state index contributed by atoms with van der Waals surface area (Å²) in [6.45, 7) is 4.52. The Morgan fingerprint density at radius 3 is 2.33 bits per heavy atom. The minimum Gasteiger partial charge on any atom is -0.469 e. The molecule has 0 unspecified atom stereocenters. The van der Waals surface area contributed by atoms with Crippen molar-refractivity contribution in [2.45, 2.75) is 33.1 Å². The second-order valence-electron chi connectivity index (χ2n) is 2.55. The highest BCUT2D eigenvalue weighted by atomic mass is 16.3. The van der Waals surface area contributed by atoms with Gasteiger partial charge >= 0.3 is 0 Å². The molecule has 70 valence electrons. The number of hydrogen-bond acceptors (Lipinski definition) is 2. The monoisotopic (exact) mass is 170 g/mol. The molecule has 0 atom stereocenters. The molecule has 1 aromatic rings. The Kier molecular flexibility index (Phi) is 7.81. The summed E-state index contributed by atoms with van der Waals surface area (Å²) in [5.41, 5.74) is 0. The third-order valence-electron chi connectivity index (χ3n) is 1.44. The summed E-state index contributed by atoms with van der Waals surface area (Å²) >= 11 is 0. The van der Waals surface area contributed by atoms with E-state index >= 15 is 0 Å². The van der Waals surface area contributed by atoms with Gasteiger partial charge in [0.25, 0.3) is 0 Å². The van der Waals surface area contributed by atoms with E-state index in [9.17, 15) is 0 Å². The Bertz CT molecular complexity index is 154. The minimum atomic E-state index is 0.160. The van der Waals surface area contributed by atoms with E-state index in [0.29, 0.717) is 6.42 Å². The fraction of sp³-hybridized carbons (Fsp3) is 0.600. The van der Waals surface area contributed by atoms with Gasteiger partial charge in [0.05, 0.1) is 12.9 Å². The summed E-state index contributed by atoms with van der Waals surface area (Å²) in [6, 6.07) is 3.65. The number of aliphatic hydroxyl groups is 1. The van der Waals surface area contributed by atoms with Crippen LogP contribution in [0.25, 0.3) is 0 Å². The van der Waals surface area contributed by atoms with E-state index in [1.807, 2.05) is 12.1 Å². The van der Waals surface area contributed by atoms with Gasteiger partial charge in [-0.15, -0.1) is 0 Å². The van der Waals surface area contributed by atoms with Crippen LogP contribution in [0.3, 0.4) is 0 Å². The van der Waals surface area contributed by atoms with Crippen molar-refractivity contribution in [1.29, 1.82) is 0 Å². The molecule has 2 nitrogen and oxygen atoms in total. The highest BCUT2D eigenvalue weighted by molar-refractivity contribution is 4.97. The van der Waals surface area contributed by atoms with E-state index in [2.05, 4.69) is 13.8 Å². The van der Waals surface area contributed by atoms with Crippen LogP contribution >= 0.6 is 0 Å². The molecule has 0 spiro atoms. The highest BCUT2D eigenvalue weighted by Crippen LogP contribution is 1.98. The van der Waals surface area contributed by atoms with E-state index in [-0.39, 0.29) is 6.61 Å². The third-order valence-corrected chi connectivity index (χ3v) is 1.44. The number of rotatable bonds is 3. The summed E-state index contributed by atoms with van der Waals surface area (Å²) in [4.78, 5) is 0. The summed E-state index contributed by atoms with van der Waals surface area (Å²) in [6.07, 6.45) is 4.86. The maximum Gasteiger partial charge on any atom is 0.106 e. The van der Waals surface area contributed by atoms with Crippen LogP contribution in [0, 0.1) is 0 Å². The predicted molar refractivity (Wildman–Crippen MR) is 50.1 cm³/mol. The molecular formula is C10H18O2. The zero-order valence-corrected chi connectivity index (χ0v) is 7.92. The van der Waals surface area contributed by atoms with Crippen molar-refractivity contribution in [1.82, 2.24) is 0 Å². The number of hydrogen-bond donors (Lipinski definition) is 1. The minimum absolute atomic E-state index is 0.160. The molecule has 0 aliphatic rings. The maximum atomic E-state index is 8.38. The Hall–Kier alpha value is -0.760. The second kappa shape index (κ2) is 8.34. The molecule has 0 fully saturated rings. The highest BCUT2D eigenvalue weighted by Gasteiger charge is 1.89. The van der Waals surface area contributed by atoms with E-state index in [0.717, 1.165) is 5.76 Å². The Balaban J connectivity index is 0.000000261. The van der Waals surface area contributed by atoms with Crippen LogP contribution in [0.2, 0.25) is 0 Å².